The van der Waals surface area contributed by atoms with Crippen LogP contribution in [0.2, 0.25) is 0 Å². The van der Waals surface area contributed by atoms with Crippen molar-refractivity contribution in [2.45, 2.75) is 58.1 Å². The monoisotopic (exact) mass is 679 g/mol. The average Bonchev–Trinajstić information content (AvgIpc) is 3.31. The molecule has 0 bridgehead atoms. The van der Waals surface area contributed by atoms with Crippen LogP contribution in [-0.4, -0.2) is 71.7 Å². The highest BCUT2D eigenvalue weighted by Crippen LogP contribution is 2.31. The zero-order valence-electron chi connectivity index (χ0n) is 28.0. The van der Waals surface area contributed by atoms with Gasteiger partial charge in [-0.3, -0.25) is 14.3 Å². The summed E-state index contributed by atoms with van der Waals surface area (Å²) in [5.74, 6) is -1.31. The van der Waals surface area contributed by atoms with Crippen LogP contribution in [-0.2, 0) is 31.4 Å². The molecule has 0 aliphatic rings. The lowest BCUT2D eigenvalue weighted by atomic mass is 10.0. The normalized spacial score (nSPS) is 12.9. The summed E-state index contributed by atoms with van der Waals surface area (Å²) < 4.78 is 32.4. The van der Waals surface area contributed by atoms with Crippen LogP contribution in [0.4, 0.5) is 27.9 Å². The number of anilines is 4. The highest BCUT2D eigenvalue weighted by atomic mass is 32.2. The molecule has 2 heterocycles. The molecule has 2 atom stereocenters. The predicted molar refractivity (Wildman–Crippen MR) is 182 cm³/mol. The molecule has 1 unspecified atom stereocenters. The fraction of sp³-hybridized carbons (Fsp3) is 0.375. The van der Waals surface area contributed by atoms with Gasteiger partial charge in [0.15, 0.2) is 11.9 Å². The molecule has 0 saturated carbocycles. The molecule has 2 aromatic heterocycles. The fourth-order valence-electron chi connectivity index (χ4n) is 5.08. The molecule has 0 spiro atoms. The van der Waals surface area contributed by atoms with Crippen LogP contribution in [0, 0.1) is 19.8 Å². The maximum atomic E-state index is 14.0. The number of sulfonamides is 1. The van der Waals surface area contributed by atoms with Crippen LogP contribution in [0.5, 0.6) is 0 Å². The van der Waals surface area contributed by atoms with E-state index >= 15 is 0 Å². The van der Waals surface area contributed by atoms with Crippen LogP contribution in [0.15, 0.2) is 53.6 Å². The lowest BCUT2D eigenvalue weighted by Crippen LogP contribution is -2.49. The summed E-state index contributed by atoms with van der Waals surface area (Å²) in [5.41, 5.74) is 8.53. The van der Waals surface area contributed by atoms with E-state index in [-0.39, 0.29) is 35.3 Å². The molecule has 0 aliphatic carbocycles. The maximum Gasteiger partial charge on any atom is 0.422 e. The number of Topliss-reactive ketones (excluding diaryl/α,β-unsaturated/α-hetero) is 1. The van der Waals surface area contributed by atoms with Crippen molar-refractivity contribution in [1.82, 2.24) is 25.1 Å². The van der Waals surface area contributed by atoms with Crippen molar-refractivity contribution in [1.29, 1.82) is 0 Å². The molecule has 5 N–H and O–H groups in total. The van der Waals surface area contributed by atoms with E-state index in [0.717, 1.165) is 27.2 Å². The number of fused-ring (bicyclic) bond motifs is 1. The smallest absolute Gasteiger partial charge is 0.422 e. The molecule has 4 aromatic rings. The number of hydrogen-bond donors (Lipinski definition) is 3. The van der Waals surface area contributed by atoms with E-state index in [1.54, 1.807) is 43.5 Å². The van der Waals surface area contributed by atoms with Gasteiger partial charge in [0.25, 0.3) is 5.91 Å². The van der Waals surface area contributed by atoms with Gasteiger partial charge in [0.05, 0.1) is 22.1 Å². The average molecular weight is 680 g/mol. The molecule has 256 valence electrons. The third-order valence-corrected chi connectivity index (χ3v) is 9.00. The molecule has 0 saturated heterocycles. The van der Waals surface area contributed by atoms with Crippen LogP contribution in [0.25, 0.3) is 10.9 Å². The van der Waals surface area contributed by atoms with E-state index in [4.69, 9.17) is 15.6 Å². The molecule has 48 heavy (non-hydrogen) atoms. The number of nitrogens with zero attached hydrogens (tertiary/aromatic N) is 6. The molecule has 0 aliphatic heterocycles. The second kappa shape index (κ2) is 14.5. The third kappa shape index (κ3) is 7.78. The zero-order chi connectivity index (χ0) is 35.5. The first-order valence-corrected chi connectivity index (χ1v) is 16.7. The third-order valence-electron chi connectivity index (χ3n) is 7.95. The topological polar surface area (TPSA) is 209 Å². The number of carbonyl (C=O) groups is 3. The molecule has 0 fully saturated rings. The maximum absolute atomic E-state index is 14.0. The van der Waals surface area contributed by atoms with Gasteiger partial charge in [-0.15, -0.1) is 0 Å². The fourth-order valence-corrected chi connectivity index (χ4v) is 5.88. The summed E-state index contributed by atoms with van der Waals surface area (Å²) in [6.45, 7) is 8.36. The molecule has 2 aromatic carbocycles. The van der Waals surface area contributed by atoms with Crippen LogP contribution < -0.4 is 26.0 Å². The number of benzene rings is 2. The van der Waals surface area contributed by atoms with Crippen molar-refractivity contribution in [3.8, 4) is 0 Å². The first kappa shape index (κ1) is 35.9. The van der Waals surface area contributed by atoms with Crippen molar-refractivity contribution >= 4 is 61.9 Å². The number of nitrogens with two attached hydrogens (primary N) is 2. The summed E-state index contributed by atoms with van der Waals surface area (Å²) >= 11 is 0. The molecule has 16 heteroatoms. The van der Waals surface area contributed by atoms with E-state index < -0.39 is 40.1 Å². The van der Waals surface area contributed by atoms with Crippen molar-refractivity contribution in [3.63, 3.8) is 0 Å². The lowest BCUT2D eigenvalue weighted by Gasteiger charge is -2.28. The second-order valence-corrected chi connectivity index (χ2v) is 13.3. The number of primary sulfonamides is 1. The van der Waals surface area contributed by atoms with Gasteiger partial charge < -0.3 is 20.7 Å². The molecule has 15 nitrogen and oxygen atoms in total. The van der Waals surface area contributed by atoms with Crippen LogP contribution in [0.1, 0.15) is 38.4 Å². The molecular weight excluding hydrogens is 638 g/mol. The van der Waals surface area contributed by atoms with Gasteiger partial charge in [0.2, 0.25) is 16.0 Å². The van der Waals surface area contributed by atoms with Crippen molar-refractivity contribution in [3.05, 3.63) is 59.9 Å². The number of carbonyl (C=O) groups excluding carboxylic acids is 3. The Bertz CT molecular complexity index is 1960. The van der Waals surface area contributed by atoms with Crippen molar-refractivity contribution in [2.75, 3.05) is 23.4 Å². The van der Waals surface area contributed by atoms with Gasteiger partial charge in [0, 0.05) is 37.1 Å². The summed E-state index contributed by atoms with van der Waals surface area (Å²) in [4.78, 5) is 50.9. The summed E-state index contributed by atoms with van der Waals surface area (Å²) in [5, 5.41) is 13.6. The number of nitrogens with one attached hydrogen (secondary N) is 1. The highest BCUT2D eigenvalue weighted by molar-refractivity contribution is 7.89. The van der Waals surface area contributed by atoms with E-state index in [1.165, 1.54) is 31.3 Å². The number of ether oxygens (including phenoxy) is 1. The number of aromatic nitrogens is 4. The van der Waals surface area contributed by atoms with Crippen LogP contribution >= 0.6 is 0 Å². The minimum atomic E-state index is -4.19. The minimum absolute atomic E-state index is 0.0208. The zero-order valence-corrected chi connectivity index (χ0v) is 28.8. The summed E-state index contributed by atoms with van der Waals surface area (Å²) in [7, 11) is -0.547. The van der Waals surface area contributed by atoms with Gasteiger partial charge in [-0.2, -0.15) is 10.1 Å². The van der Waals surface area contributed by atoms with E-state index in [9.17, 15) is 22.8 Å². The number of rotatable bonds is 12. The van der Waals surface area contributed by atoms with Gasteiger partial charge in [-0.1, -0.05) is 19.9 Å². The Morgan fingerprint density at radius 3 is 2.38 bits per heavy atom. The Labute approximate surface area is 279 Å². The molecule has 0 radical (unpaired) electrons. The first-order valence-electron chi connectivity index (χ1n) is 15.2. The Morgan fingerprint density at radius 1 is 1.06 bits per heavy atom. The highest BCUT2D eigenvalue weighted by Gasteiger charge is 2.33. The Kier molecular flexibility index (Phi) is 10.8. The van der Waals surface area contributed by atoms with Gasteiger partial charge in [0.1, 0.15) is 5.82 Å². The van der Waals surface area contributed by atoms with E-state index in [0.29, 0.717) is 11.4 Å². The minimum Gasteiger partial charge on any atom is -0.435 e. The molecule has 4 rings (SSSR count). The standard InChI is InChI=1S/C32H41N9O6S/c1-18(2)29(30(43)36-25(12-14-33)21(5)42)47-32(44)41(23-9-8-19(3)27(17-23)48(34,45)46)31-35-15-13-28(37-31)39(6)22-10-11-24-20(4)40(7)38-26(24)16-22/h8-11,13,15-18,25,29H,12,14,33H2,1-7H3,(H,36,43)(H2,34,45,46)/t25-,29?/m0/s1. The first-order chi connectivity index (χ1) is 22.5. The largest absolute Gasteiger partial charge is 0.435 e. The molecular formula is C32H41N9O6S. The Hall–Kier alpha value is -4.93. The number of aryl methyl sites for hydroxylation is 3. The second-order valence-electron chi connectivity index (χ2n) is 11.8. The Morgan fingerprint density at radius 2 is 1.75 bits per heavy atom. The van der Waals surface area contributed by atoms with E-state index in [2.05, 4.69) is 20.4 Å². The van der Waals surface area contributed by atoms with Gasteiger partial charge in [-0.05, 0) is 81.6 Å². The quantitative estimate of drug-likeness (QED) is 0.198. The summed E-state index contributed by atoms with van der Waals surface area (Å²) in [6, 6.07) is 10.7. The van der Waals surface area contributed by atoms with Crippen LogP contribution in [0.3, 0.4) is 0 Å². The lowest BCUT2D eigenvalue weighted by molar-refractivity contribution is -0.134. The predicted octanol–water partition coefficient (Wildman–Crippen LogP) is 3.12. The number of ketones is 1. The number of hydrogen-bond acceptors (Lipinski definition) is 11. The van der Waals surface area contributed by atoms with Gasteiger partial charge >= 0.3 is 6.09 Å². The SMILES string of the molecule is CC(=O)[C@H](CCN)NC(=O)C(OC(=O)N(c1ccc(C)c(S(N)(=O)=O)c1)c1nccc(N(C)c2ccc3c(C)n(C)nc3c2)n1)C(C)C. The van der Waals surface area contributed by atoms with Crippen molar-refractivity contribution in [2.24, 2.45) is 23.8 Å². The van der Waals surface area contributed by atoms with Crippen molar-refractivity contribution < 1.29 is 27.5 Å². The number of amides is 2. The Balaban J connectivity index is 1.77. The van der Waals surface area contributed by atoms with Gasteiger partial charge in [-0.25, -0.2) is 28.2 Å². The van der Waals surface area contributed by atoms with E-state index in [1.807, 2.05) is 32.2 Å². The molecule has 2 amide bonds. The summed E-state index contributed by atoms with van der Waals surface area (Å²) in [6.07, 6.45) is -0.783.